The summed E-state index contributed by atoms with van der Waals surface area (Å²) in [6, 6.07) is 1.93. The number of rotatable bonds is 13. The number of anilines is 1. The molecule has 1 amide bonds. The Morgan fingerprint density at radius 1 is 1.00 bits per heavy atom. The standard InChI is InChI=1S/C20H32N2O2S2/c1-5-6-7-8-9-10-11-12-13-16(23)19(24)22-18-17(25-3)14-15(2)21-20(18)26-4/h14H,5-13H2,1-4H3,(H,22,24). The quantitative estimate of drug-likeness (QED) is 0.257. The van der Waals surface area contributed by atoms with Gasteiger partial charge in [0.05, 0.1) is 5.69 Å². The molecule has 0 spiro atoms. The first-order chi connectivity index (χ1) is 12.5. The van der Waals surface area contributed by atoms with Crippen LogP contribution in [0.15, 0.2) is 16.0 Å². The summed E-state index contributed by atoms with van der Waals surface area (Å²) in [5.74, 6) is -0.861. The van der Waals surface area contributed by atoms with E-state index in [4.69, 9.17) is 0 Å². The molecular formula is C20H32N2O2S2. The molecule has 0 aromatic carbocycles. The van der Waals surface area contributed by atoms with Gasteiger partial charge >= 0.3 is 0 Å². The highest BCUT2D eigenvalue weighted by Gasteiger charge is 2.18. The molecule has 0 saturated carbocycles. The number of ketones is 1. The van der Waals surface area contributed by atoms with Crippen molar-refractivity contribution >= 4 is 40.9 Å². The molecule has 1 rings (SSSR count). The van der Waals surface area contributed by atoms with Crippen molar-refractivity contribution in [1.29, 1.82) is 0 Å². The predicted molar refractivity (Wildman–Crippen MR) is 113 cm³/mol. The number of unbranched alkanes of at least 4 members (excludes halogenated alkanes) is 7. The molecule has 0 saturated heterocycles. The number of hydrogen-bond acceptors (Lipinski definition) is 5. The van der Waals surface area contributed by atoms with Crippen LogP contribution in [-0.2, 0) is 9.59 Å². The van der Waals surface area contributed by atoms with Crippen molar-refractivity contribution in [2.24, 2.45) is 0 Å². The molecule has 1 aromatic rings. The van der Waals surface area contributed by atoms with Gasteiger partial charge in [0.2, 0.25) is 5.78 Å². The zero-order chi connectivity index (χ0) is 19.4. The Bertz CT molecular complexity index is 566. The molecule has 0 bridgehead atoms. The van der Waals surface area contributed by atoms with E-state index in [9.17, 15) is 9.59 Å². The number of thioether (sulfide) groups is 2. The summed E-state index contributed by atoms with van der Waals surface area (Å²) in [6.45, 7) is 4.14. The topological polar surface area (TPSA) is 59.1 Å². The third-order valence-corrected chi connectivity index (χ3v) is 5.68. The third-order valence-electron chi connectivity index (χ3n) is 4.24. The van der Waals surface area contributed by atoms with E-state index in [1.165, 1.54) is 43.9 Å². The highest BCUT2D eigenvalue weighted by atomic mass is 32.2. The molecule has 146 valence electrons. The fourth-order valence-electron chi connectivity index (χ4n) is 2.76. The second-order valence-corrected chi connectivity index (χ2v) is 8.10. The smallest absolute Gasteiger partial charge is 0.291 e. The van der Waals surface area contributed by atoms with Crippen LogP contribution < -0.4 is 5.32 Å². The second-order valence-electron chi connectivity index (χ2n) is 6.45. The van der Waals surface area contributed by atoms with Crippen molar-refractivity contribution in [2.75, 3.05) is 17.8 Å². The van der Waals surface area contributed by atoms with Crippen molar-refractivity contribution in [3.05, 3.63) is 11.8 Å². The van der Waals surface area contributed by atoms with E-state index in [1.807, 2.05) is 25.5 Å². The number of aryl methyl sites for hydroxylation is 1. The molecule has 0 aliphatic heterocycles. The molecule has 1 N–H and O–H groups in total. The highest BCUT2D eigenvalue weighted by Crippen LogP contribution is 2.33. The second kappa shape index (κ2) is 13.2. The van der Waals surface area contributed by atoms with E-state index < -0.39 is 5.91 Å². The summed E-state index contributed by atoms with van der Waals surface area (Å²) in [5.41, 5.74) is 1.56. The maximum Gasteiger partial charge on any atom is 0.291 e. The summed E-state index contributed by atoms with van der Waals surface area (Å²) in [6.07, 6.45) is 13.5. The van der Waals surface area contributed by atoms with Crippen LogP contribution in [0.5, 0.6) is 0 Å². The first kappa shape index (κ1) is 23.0. The van der Waals surface area contributed by atoms with Crippen LogP contribution in [0, 0.1) is 6.92 Å². The summed E-state index contributed by atoms with van der Waals surface area (Å²) < 4.78 is 0. The van der Waals surface area contributed by atoms with E-state index in [0.29, 0.717) is 12.1 Å². The number of nitrogens with zero attached hydrogens (tertiary/aromatic N) is 1. The molecule has 0 unspecified atom stereocenters. The lowest BCUT2D eigenvalue weighted by Gasteiger charge is -2.13. The van der Waals surface area contributed by atoms with Gasteiger partial charge in [-0.25, -0.2) is 4.98 Å². The van der Waals surface area contributed by atoms with E-state index in [0.717, 1.165) is 34.9 Å². The number of amides is 1. The maximum atomic E-state index is 12.3. The molecular weight excluding hydrogens is 364 g/mol. The number of carbonyl (C=O) groups is 2. The molecule has 0 aliphatic carbocycles. The van der Waals surface area contributed by atoms with E-state index >= 15 is 0 Å². The lowest BCUT2D eigenvalue weighted by atomic mass is 10.1. The summed E-state index contributed by atoms with van der Waals surface area (Å²) in [7, 11) is 0. The van der Waals surface area contributed by atoms with Crippen LogP contribution in [0.3, 0.4) is 0 Å². The Labute approximate surface area is 166 Å². The number of nitrogens with one attached hydrogen (secondary N) is 1. The molecule has 0 radical (unpaired) electrons. The lowest BCUT2D eigenvalue weighted by Crippen LogP contribution is -2.23. The van der Waals surface area contributed by atoms with Gasteiger partial charge in [-0.2, -0.15) is 0 Å². The van der Waals surface area contributed by atoms with Crippen LogP contribution in [-0.4, -0.2) is 29.2 Å². The first-order valence-electron chi connectivity index (χ1n) is 9.47. The fourth-order valence-corrected chi connectivity index (χ4v) is 4.06. The minimum Gasteiger partial charge on any atom is -0.316 e. The molecule has 1 heterocycles. The Hall–Kier alpha value is -1.01. The summed E-state index contributed by atoms with van der Waals surface area (Å²) in [5, 5.41) is 3.54. The Morgan fingerprint density at radius 3 is 2.19 bits per heavy atom. The molecule has 1 aromatic heterocycles. The van der Waals surface area contributed by atoms with Gasteiger partial charge in [-0.15, -0.1) is 23.5 Å². The molecule has 4 nitrogen and oxygen atoms in total. The first-order valence-corrected chi connectivity index (χ1v) is 11.9. The minimum atomic E-state index is -0.524. The van der Waals surface area contributed by atoms with Crippen molar-refractivity contribution < 1.29 is 9.59 Å². The van der Waals surface area contributed by atoms with Gasteiger partial charge in [0.15, 0.2) is 0 Å². The van der Waals surface area contributed by atoms with Crippen LogP contribution in [0.4, 0.5) is 5.69 Å². The van der Waals surface area contributed by atoms with Gasteiger partial charge < -0.3 is 5.32 Å². The van der Waals surface area contributed by atoms with Gasteiger partial charge in [0, 0.05) is 17.0 Å². The average molecular weight is 397 g/mol. The monoisotopic (exact) mass is 396 g/mol. The van der Waals surface area contributed by atoms with Gasteiger partial charge in [0.1, 0.15) is 5.03 Å². The summed E-state index contributed by atoms with van der Waals surface area (Å²) in [4.78, 5) is 29.8. The average Bonchev–Trinajstić information content (AvgIpc) is 2.64. The van der Waals surface area contributed by atoms with Gasteiger partial charge in [0.25, 0.3) is 5.91 Å². The number of carbonyl (C=O) groups excluding carboxylic acids is 2. The predicted octanol–water partition coefficient (Wildman–Crippen LogP) is 5.87. The highest BCUT2D eigenvalue weighted by molar-refractivity contribution is 7.99. The maximum absolute atomic E-state index is 12.3. The van der Waals surface area contributed by atoms with E-state index in [1.54, 1.807) is 11.8 Å². The van der Waals surface area contributed by atoms with Gasteiger partial charge in [-0.1, -0.05) is 51.9 Å². The molecule has 0 aliphatic rings. The largest absolute Gasteiger partial charge is 0.316 e. The van der Waals surface area contributed by atoms with Crippen LogP contribution >= 0.6 is 23.5 Å². The zero-order valence-corrected chi connectivity index (χ0v) is 18.2. The van der Waals surface area contributed by atoms with Crippen molar-refractivity contribution in [2.45, 2.75) is 81.6 Å². The fraction of sp³-hybridized carbons (Fsp3) is 0.650. The third kappa shape index (κ3) is 8.12. The number of aromatic nitrogens is 1. The van der Waals surface area contributed by atoms with Crippen LogP contribution in [0.25, 0.3) is 0 Å². The molecule has 6 heteroatoms. The van der Waals surface area contributed by atoms with Crippen LogP contribution in [0.1, 0.15) is 70.4 Å². The van der Waals surface area contributed by atoms with Crippen molar-refractivity contribution in [3.63, 3.8) is 0 Å². The number of Topliss-reactive ketones (excluding diaryl/α,β-unsaturated/α-hetero) is 1. The normalized spacial score (nSPS) is 10.8. The Kier molecular flexibility index (Phi) is 11.7. The minimum absolute atomic E-state index is 0.323. The summed E-state index contributed by atoms with van der Waals surface area (Å²) >= 11 is 3.02. The van der Waals surface area contributed by atoms with E-state index in [-0.39, 0.29) is 5.78 Å². The molecule has 26 heavy (non-hydrogen) atoms. The number of pyridine rings is 1. The van der Waals surface area contributed by atoms with Gasteiger partial charge in [-0.05, 0) is 31.9 Å². The molecule has 0 atom stereocenters. The molecule has 0 fully saturated rings. The lowest BCUT2D eigenvalue weighted by molar-refractivity contribution is -0.134. The SMILES string of the molecule is CCCCCCCCCCC(=O)C(=O)Nc1c(SC)cc(C)nc1SC. The van der Waals surface area contributed by atoms with E-state index in [2.05, 4.69) is 17.2 Å². The van der Waals surface area contributed by atoms with Crippen molar-refractivity contribution in [3.8, 4) is 0 Å². The Morgan fingerprint density at radius 2 is 1.62 bits per heavy atom. The van der Waals surface area contributed by atoms with Crippen molar-refractivity contribution in [1.82, 2.24) is 4.98 Å². The zero-order valence-electron chi connectivity index (χ0n) is 16.5. The van der Waals surface area contributed by atoms with Crippen LogP contribution in [0.2, 0.25) is 0 Å². The van der Waals surface area contributed by atoms with Gasteiger partial charge in [-0.3, -0.25) is 9.59 Å². The number of hydrogen-bond donors (Lipinski definition) is 1. The Balaban J connectivity index is 2.44.